The molecule has 8 nitrogen and oxygen atoms in total. The minimum absolute atomic E-state index is 0.0521. The molecule has 3 aromatic rings. The van der Waals surface area contributed by atoms with Crippen LogP contribution in [0.4, 0.5) is 0 Å². The van der Waals surface area contributed by atoms with Crippen LogP contribution in [0.2, 0.25) is 0 Å². The number of hydrogen-bond donors (Lipinski definition) is 1. The van der Waals surface area contributed by atoms with Crippen molar-refractivity contribution in [1.82, 2.24) is 25.0 Å². The summed E-state index contributed by atoms with van der Waals surface area (Å²) in [4.78, 5) is 19.4. The highest BCUT2D eigenvalue weighted by Crippen LogP contribution is 2.27. The summed E-state index contributed by atoms with van der Waals surface area (Å²) >= 11 is 0. The lowest BCUT2D eigenvalue weighted by Gasteiger charge is -2.32. The first-order valence-corrected chi connectivity index (χ1v) is 11.0. The van der Waals surface area contributed by atoms with Gasteiger partial charge in [-0.1, -0.05) is 12.1 Å². The molecule has 0 bridgehead atoms. The van der Waals surface area contributed by atoms with E-state index in [2.05, 4.69) is 32.4 Å². The molecule has 0 spiro atoms. The van der Waals surface area contributed by atoms with Crippen LogP contribution in [0, 0.1) is 13.8 Å². The molecule has 3 heterocycles. The SMILES string of the molecule is COc1cccc(CN2CCC(NC(=O)COc3nn(C)c4nc(C)cc(C)c34)CC2)c1. The van der Waals surface area contributed by atoms with E-state index in [1.165, 1.54) is 5.56 Å². The summed E-state index contributed by atoms with van der Waals surface area (Å²) in [7, 11) is 3.52. The zero-order valence-electron chi connectivity index (χ0n) is 19.2. The smallest absolute Gasteiger partial charge is 0.258 e. The second kappa shape index (κ2) is 9.56. The quantitative estimate of drug-likeness (QED) is 0.612. The third kappa shape index (κ3) is 5.02. The van der Waals surface area contributed by atoms with Crippen molar-refractivity contribution in [3.05, 3.63) is 47.2 Å². The van der Waals surface area contributed by atoms with Gasteiger partial charge in [0.25, 0.3) is 5.91 Å². The van der Waals surface area contributed by atoms with Gasteiger partial charge in [-0.15, -0.1) is 5.10 Å². The van der Waals surface area contributed by atoms with Gasteiger partial charge in [0.1, 0.15) is 5.75 Å². The first-order valence-electron chi connectivity index (χ1n) is 11.0. The Morgan fingerprint density at radius 2 is 2.00 bits per heavy atom. The second-order valence-electron chi connectivity index (χ2n) is 8.47. The number of pyridine rings is 1. The number of carbonyl (C=O) groups is 1. The maximum absolute atomic E-state index is 12.5. The van der Waals surface area contributed by atoms with Gasteiger partial charge in [-0.05, 0) is 56.0 Å². The number of amides is 1. The Kier molecular flexibility index (Phi) is 6.60. The maximum atomic E-state index is 12.5. The second-order valence-corrected chi connectivity index (χ2v) is 8.47. The van der Waals surface area contributed by atoms with Crippen molar-refractivity contribution < 1.29 is 14.3 Å². The fourth-order valence-corrected chi connectivity index (χ4v) is 4.32. The van der Waals surface area contributed by atoms with Gasteiger partial charge in [-0.3, -0.25) is 9.69 Å². The van der Waals surface area contributed by atoms with Crippen LogP contribution in [0.1, 0.15) is 29.7 Å². The van der Waals surface area contributed by atoms with Crippen LogP contribution in [0.25, 0.3) is 11.0 Å². The number of aryl methyl sites for hydroxylation is 3. The number of hydrogen-bond acceptors (Lipinski definition) is 6. The molecule has 2 aromatic heterocycles. The zero-order chi connectivity index (χ0) is 22.7. The van der Waals surface area contributed by atoms with E-state index in [0.29, 0.717) is 5.88 Å². The molecule has 0 unspecified atom stereocenters. The van der Waals surface area contributed by atoms with E-state index >= 15 is 0 Å². The lowest BCUT2D eigenvalue weighted by Crippen LogP contribution is -2.45. The summed E-state index contributed by atoms with van der Waals surface area (Å²) in [6, 6.07) is 10.3. The van der Waals surface area contributed by atoms with Crippen LogP contribution < -0.4 is 14.8 Å². The van der Waals surface area contributed by atoms with E-state index in [-0.39, 0.29) is 18.6 Å². The van der Waals surface area contributed by atoms with E-state index in [4.69, 9.17) is 9.47 Å². The van der Waals surface area contributed by atoms with Crippen molar-refractivity contribution in [2.75, 3.05) is 26.8 Å². The van der Waals surface area contributed by atoms with Crippen LogP contribution in [-0.2, 0) is 18.4 Å². The van der Waals surface area contributed by atoms with Gasteiger partial charge >= 0.3 is 0 Å². The number of aromatic nitrogens is 3. The number of likely N-dealkylation sites (tertiary alicyclic amines) is 1. The zero-order valence-corrected chi connectivity index (χ0v) is 19.2. The van der Waals surface area contributed by atoms with Gasteiger partial charge in [-0.25, -0.2) is 9.67 Å². The Balaban J connectivity index is 1.26. The summed E-state index contributed by atoms with van der Waals surface area (Å²) in [5, 5.41) is 8.38. The monoisotopic (exact) mass is 437 g/mol. The maximum Gasteiger partial charge on any atom is 0.258 e. The van der Waals surface area contributed by atoms with E-state index in [1.54, 1.807) is 11.8 Å². The molecule has 4 rings (SSSR count). The van der Waals surface area contributed by atoms with Crippen molar-refractivity contribution in [2.45, 2.75) is 39.3 Å². The number of benzene rings is 1. The average Bonchev–Trinajstić information content (AvgIpc) is 3.09. The average molecular weight is 438 g/mol. The van der Waals surface area contributed by atoms with E-state index in [1.807, 2.05) is 39.1 Å². The third-order valence-electron chi connectivity index (χ3n) is 5.92. The summed E-state index contributed by atoms with van der Waals surface area (Å²) in [6.07, 6.45) is 1.84. The van der Waals surface area contributed by atoms with Crippen LogP contribution in [0.5, 0.6) is 11.6 Å². The van der Waals surface area contributed by atoms with Crippen LogP contribution in [0.15, 0.2) is 30.3 Å². The van der Waals surface area contributed by atoms with Gasteiger partial charge in [0.2, 0.25) is 5.88 Å². The predicted molar refractivity (Wildman–Crippen MR) is 123 cm³/mol. The highest BCUT2D eigenvalue weighted by atomic mass is 16.5. The Bertz CT molecular complexity index is 1100. The number of piperidine rings is 1. The molecule has 1 aromatic carbocycles. The number of fused-ring (bicyclic) bond motifs is 1. The van der Waals surface area contributed by atoms with Crippen molar-refractivity contribution in [1.29, 1.82) is 0 Å². The normalized spacial score (nSPS) is 15.1. The minimum Gasteiger partial charge on any atom is -0.497 e. The lowest BCUT2D eigenvalue weighted by molar-refractivity contribution is -0.124. The van der Waals surface area contributed by atoms with E-state index < -0.39 is 0 Å². The van der Waals surface area contributed by atoms with Gasteiger partial charge in [-0.2, -0.15) is 0 Å². The Hall–Kier alpha value is -3.13. The molecule has 1 amide bonds. The summed E-state index contributed by atoms with van der Waals surface area (Å²) < 4.78 is 12.8. The highest BCUT2D eigenvalue weighted by Gasteiger charge is 2.22. The lowest BCUT2D eigenvalue weighted by atomic mass is 10.0. The predicted octanol–water partition coefficient (Wildman–Crippen LogP) is 2.75. The molecule has 170 valence electrons. The molecular weight excluding hydrogens is 406 g/mol. The van der Waals surface area contributed by atoms with Crippen LogP contribution in [0.3, 0.4) is 0 Å². The third-order valence-corrected chi connectivity index (χ3v) is 5.92. The number of ether oxygens (including phenoxy) is 2. The standard InChI is InChI=1S/C24H31N5O3/c1-16-12-17(2)25-23-22(16)24(27-28(23)3)32-15-21(30)26-19-8-10-29(11-9-19)14-18-6-5-7-20(13-18)31-4/h5-7,12-13,19H,8-11,14-15H2,1-4H3,(H,26,30). The van der Waals surface area contributed by atoms with Gasteiger partial charge in [0, 0.05) is 38.4 Å². The molecule has 1 saturated heterocycles. The number of methoxy groups -OCH3 is 1. The molecule has 0 aliphatic carbocycles. The molecule has 0 radical (unpaired) electrons. The Labute approximate surface area is 188 Å². The van der Waals surface area contributed by atoms with Crippen molar-refractivity contribution in [2.24, 2.45) is 7.05 Å². The number of nitrogens with zero attached hydrogens (tertiary/aromatic N) is 4. The fourth-order valence-electron chi connectivity index (χ4n) is 4.32. The molecule has 8 heteroatoms. The first-order chi connectivity index (χ1) is 15.4. The van der Waals surface area contributed by atoms with Gasteiger partial charge < -0.3 is 14.8 Å². The van der Waals surface area contributed by atoms with Crippen LogP contribution in [-0.4, -0.2) is 58.4 Å². The Morgan fingerprint density at radius 1 is 1.22 bits per heavy atom. The van der Waals surface area contributed by atoms with Crippen LogP contribution >= 0.6 is 0 Å². The molecule has 1 fully saturated rings. The highest BCUT2D eigenvalue weighted by molar-refractivity contribution is 5.85. The topological polar surface area (TPSA) is 81.5 Å². The summed E-state index contributed by atoms with van der Waals surface area (Å²) in [5.41, 5.74) is 3.98. The van der Waals surface area contributed by atoms with Crippen molar-refractivity contribution in [3.8, 4) is 11.6 Å². The van der Waals surface area contributed by atoms with Gasteiger partial charge in [0.05, 0.1) is 12.5 Å². The summed E-state index contributed by atoms with van der Waals surface area (Å²) in [5.74, 6) is 1.22. The van der Waals surface area contributed by atoms with E-state index in [0.717, 1.165) is 60.5 Å². The molecule has 0 saturated carbocycles. The number of nitrogens with one attached hydrogen (secondary N) is 1. The molecule has 1 N–H and O–H groups in total. The van der Waals surface area contributed by atoms with Crippen molar-refractivity contribution in [3.63, 3.8) is 0 Å². The number of carbonyl (C=O) groups excluding carboxylic acids is 1. The fraction of sp³-hybridized carbons (Fsp3) is 0.458. The minimum atomic E-state index is -0.118. The molecule has 32 heavy (non-hydrogen) atoms. The Morgan fingerprint density at radius 3 is 2.75 bits per heavy atom. The summed E-state index contributed by atoms with van der Waals surface area (Å²) in [6.45, 7) is 6.68. The number of rotatable bonds is 7. The first kappa shape index (κ1) is 22.1. The molecular formula is C24H31N5O3. The molecule has 0 atom stereocenters. The molecule has 1 aliphatic heterocycles. The van der Waals surface area contributed by atoms with Crippen molar-refractivity contribution >= 4 is 16.9 Å². The van der Waals surface area contributed by atoms with E-state index in [9.17, 15) is 4.79 Å². The molecule has 1 aliphatic rings. The largest absolute Gasteiger partial charge is 0.497 e. The van der Waals surface area contributed by atoms with Gasteiger partial charge in [0.15, 0.2) is 12.3 Å².